The quantitative estimate of drug-likeness (QED) is 0.295. The molecule has 0 saturated carbocycles. The number of pyridine rings is 1. The van der Waals surface area contributed by atoms with Crippen molar-refractivity contribution in [2.45, 2.75) is 46.2 Å². The molecule has 0 bridgehead atoms. The summed E-state index contributed by atoms with van der Waals surface area (Å²) in [6.45, 7) is 5.81. The zero-order valence-corrected chi connectivity index (χ0v) is 17.5. The average molecular weight is 464 g/mol. The maximum absolute atomic E-state index is 12.5. The number of halogens is 1. The van der Waals surface area contributed by atoms with E-state index in [-0.39, 0.29) is 5.56 Å². The fraction of sp³-hybridized carbons (Fsp3) is 0.400. The predicted molar refractivity (Wildman–Crippen MR) is 116 cm³/mol. The molecule has 26 heavy (non-hydrogen) atoms. The number of unbranched alkanes of at least 4 members (excludes halogenated alkanes) is 1. The van der Waals surface area contributed by atoms with Gasteiger partial charge in [0.05, 0.1) is 11.8 Å². The van der Waals surface area contributed by atoms with Gasteiger partial charge < -0.3 is 14.9 Å². The molecule has 0 spiro atoms. The number of fused-ring (bicyclic) bond motifs is 1. The van der Waals surface area contributed by atoms with Gasteiger partial charge in [0, 0.05) is 19.2 Å². The van der Waals surface area contributed by atoms with Crippen LogP contribution in [0.4, 0.5) is 5.82 Å². The van der Waals surface area contributed by atoms with Gasteiger partial charge in [0.1, 0.15) is 11.3 Å². The van der Waals surface area contributed by atoms with Crippen LogP contribution in [0, 0.1) is 6.92 Å². The summed E-state index contributed by atoms with van der Waals surface area (Å²) in [5.74, 6) is 0.707. The third-order valence-electron chi connectivity index (χ3n) is 4.67. The number of imidazole rings is 1. The number of nitrogens with zero attached hydrogens (tertiary/aromatic N) is 2. The first-order chi connectivity index (χ1) is 12.6. The second-order valence-electron chi connectivity index (χ2n) is 6.55. The van der Waals surface area contributed by atoms with Crippen LogP contribution in [0.25, 0.3) is 11.0 Å². The number of rotatable bonds is 8. The topological polar surface area (TPSA) is 62.7 Å². The first-order valence-electron chi connectivity index (χ1n) is 9.08. The third kappa shape index (κ3) is 4.28. The molecule has 1 aromatic carbocycles. The summed E-state index contributed by atoms with van der Waals surface area (Å²) in [6.07, 6.45) is 5.00. The molecule has 0 fully saturated rings. The Morgan fingerprint density at radius 1 is 1.27 bits per heavy atom. The molecular weight excluding hydrogens is 439 g/mol. The van der Waals surface area contributed by atoms with Gasteiger partial charge in [-0.15, -0.1) is 0 Å². The maximum Gasteiger partial charge on any atom is 0.275 e. The van der Waals surface area contributed by atoms with Crippen LogP contribution in [0.15, 0.2) is 35.4 Å². The summed E-state index contributed by atoms with van der Waals surface area (Å²) in [7, 11) is 0. The number of hydrogen-bond donors (Lipinski definition) is 2. The smallest absolute Gasteiger partial charge is 0.275 e. The summed E-state index contributed by atoms with van der Waals surface area (Å²) in [4.78, 5) is 19.9. The molecule has 0 atom stereocenters. The van der Waals surface area contributed by atoms with Crippen molar-refractivity contribution in [2.24, 2.45) is 0 Å². The van der Waals surface area contributed by atoms with Crippen molar-refractivity contribution in [2.75, 3.05) is 9.74 Å². The van der Waals surface area contributed by atoms with Gasteiger partial charge in [-0.3, -0.25) is 4.79 Å². The molecule has 0 radical (unpaired) electrons. The summed E-state index contributed by atoms with van der Waals surface area (Å²) < 4.78 is 3.09. The number of hydrogen-bond acceptors (Lipinski definition) is 3. The van der Waals surface area contributed by atoms with Gasteiger partial charge in [0.2, 0.25) is 0 Å². The van der Waals surface area contributed by atoms with Gasteiger partial charge in [-0.25, -0.2) is 4.98 Å². The Morgan fingerprint density at radius 3 is 2.88 bits per heavy atom. The number of nitrogens with one attached hydrogen (secondary N) is 2. The minimum Gasteiger partial charge on any atom is -0.367 e. The van der Waals surface area contributed by atoms with Crippen LogP contribution >= 0.6 is 22.6 Å². The Morgan fingerprint density at radius 2 is 2.12 bits per heavy atom. The molecule has 0 amide bonds. The second-order valence-corrected chi connectivity index (χ2v) is 7.63. The second kappa shape index (κ2) is 8.70. The van der Waals surface area contributed by atoms with Crippen molar-refractivity contribution < 1.29 is 0 Å². The number of anilines is 1. The molecule has 0 aliphatic heterocycles. The highest BCUT2D eigenvalue weighted by atomic mass is 127. The molecule has 0 saturated heterocycles. The summed E-state index contributed by atoms with van der Waals surface area (Å²) in [5, 5.41) is 3.32. The fourth-order valence-electron chi connectivity index (χ4n) is 3.16. The van der Waals surface area contributed by atoms with Gasteiger partial charge in [0.25, 0.3) is 5.56 Å². The number of benzene rings is 1. The fourth-order valence-corrected chi connectivity index (χ4v) is 3.70. The highest BCUT2D eigenvalue weighted by Gasteiger charge is 2.09. The van der Waals surface area contributed by atoms with Crippen LogP contribution in [-0.2, 0) is 19.5 Å². The lowest BCUT2D eigenvalue weighted by Gasteiger charge is -2.10. The highest BCUT2D eigenvalue weighted by Crippen LogP contribution is 2.16. The molecule has 138 valence electrons. The first-order valence-corrected chi connectivity index (χ1v) is 10.6. The lowest BCUT2D eigenvalue weighted by Crippen LogP contribution is -2.14. The zero-order chi connectivity index (χ0) is 18.5. The average Bonchev–Trinajstić information content (AvgIpc) is 3.05. The van der Waals surface area contributed by atoms with Crippen molar-refractivity contribution in [1.82, 2.24) is 14.5 Å². The van der Waals surface area contributed by atoms with Crippen molar-refractivity contribution in [3.63, 3.8) is 0 Å². The van der Waals surface area contributed by atoms with E-state index >= 15 is 0 Å². The van der Waals surface area contributed by atoms with Crippen LogP contribution in [0.3, 0.4) is 0 Å². The van der Waals surface area contributed by atoms with Crippen LogP contribution < -0.4 is 10.9 Å². The number of aromatic amines is 1. The molecule has 2 aromatic heterocycles. The van der Waals surface area contributed by atoms with Crippen LogP contribution in [0.2, 0.25) is 0 Å². The maximum atomic E-state index is 12.5. The summed E-state index contributed by atoms with van der Waals surface area (Å²) in [5.41, 5.74) is 5.20. The zero-order valence-electron chi connectivity index (χ0n) is 15.3. The Hall–Kier alpha value is -1.83. The van der Waals surface area contributed by atoms with E-state index in [1.54, 1.807) is 6.33 Å². The monoisotopic (exact) mass is 464 g/mol. The number of H-pyrrole nitrogens is 1. The van der Waals surface area contributed by atoms with Gasteiger partial charge in [-0.05, 0) is 47.3 Å². The minimum absolute atomic E-state index is 0.0878. The van der Waals surface area contributed by atoms with E-state index in [4.69, 9.17) is 0 Å². The van der Waals surface area contributed by atoms with E-state index < -0.39 is 0 Å². The standard InChI is InChI=1S/C20H25IN4O/c1-3-16-10-15(7-6-14(16)2)12-22-18-11-17-19(20(26)24-18)25(13-23-17)9-5-4-8-21/h6-7,10-11,13H,3-5,8-9,12H2,1-2H3,(H2,22,24,26). The van der Waals surface area contributed by atoms with Gasteiger partial charge >= 0.3 is 0 Å². The van der Waals surface area contributed by atoms with Crippen LogP contribution in [0.1, 0.15) is 36.5 Å². The highest BCUT2D eigenvalue weighted by molar-refractivity contribution is 14.1. The molecule has 2 heterocycles. The third-order valence-corrected chi connectivity index (χ3v) is 5.43. The lowest BCUT2D eigenvalue weighted by atomic mass is 10.0. The van der Waals surface area contributed by atoms with E-state index in [1.165, 1.54) is 16.7 Å². The lowest BCUT2D eigenvalue weighted by molar-refractivity contribution is 0.650. The predicted octanol–water partition coefficient (Wildman–Crippen LogP) is 4.42. The van der Waals surface area contributed by atoms with E-state index in [0.29, 0.717) is 17.9 Å². The molecule has 5 nitrogen and oxygen atoms in total. The molecule has 2 N–H and O–H groups in total. The Bertz CT molecular complexity index is 945. The number of alkyl halides is 1. The normalized spacial score (nSPS) is 11.2. The Labute approximate surface area is 167 Å². The molecule has 0 unspecified atom stereocenters. The van der Waals surface area contributed by atoms with Gasteiger partial charge in [-0.2, -0.15) is 0 Å². The molecule has 3 rings (SSSR count). The van der Waals surface area contributed by atoms with Crippen LogP contribution in [-0.4, -0.2) is 19.0 Å². The Kier molecular flexibility index (Phi) is 6.34. The van der Waals surface area contributed by atoms with E-state index in [2.05, 4.69) is 69.9 Å². The largest absolute Gasteiger partial charge is 0.367 e. The SMILES string of the molecule is CCc1cc(CNc2cc3ncn(CCCCI)c3c(=O)[nH]2)ccc1C. The number of aromatic nitrogens is 3. The van der Waals surface area contributed by atoms with Crippen molar-refractivity contribution >= 4 is 39.4 Å². The summed E-state index contributed by atoms with van der Waals surface area (Å²) in [6, 6.07) is 8.42. The van der Waals surface area contributed by atoms with Crippen molar-refractivity contribution in [1.29, 1.82) is 0 Å². The molecule has 6 heteroatoms. The van der Waals surface area contributed by atoms with E-state index in [9.17, 15) is 4.79 Å². The first kappa shape index (κ1) is 18.9. The van der Waals surface area contributed by atoms with E-state index in [1.807, 2.05) is 10.6 Å². The van der Waals surface area contributed by atoms with Crippen molar-refractivity contribution in [3.8, 4) is 0 Å². The molecule has 3 aromatic rings. The molecular formula is C20H25IN4O. The van der Waals surface area contributed by atoms with Crippen LogP contribution in [0.5, 0.6) is 0 Å². The minimum atomic E-state index is -0.0878. The van der Waals surface area contributed by atoms with Crippen molar-refractivity contribution in [3.05, 3.63) is 57.6 Å². The summed E-state index contributed by atoms with van der Waals surface area (Å²) >= 11 is 2.38. The molecule has 0 aliphatic rings. The molecule has 0 aliphatic carbocycles. The number of aryl methyl sites for hydroxylation is 3. The Balaban J connectivity index is 1.76. The van der Waals surface area contributed by atoms with Gasteiger partial charge in [0.15, 0.2) is 0 Å². The van der Waals surface area contributed by atoms with E-state index in [0.717, 1.165) is 35.8 Å². The van der Waals surface area contributed by atoms with Gasteiger partial charge in [-0.1, -0.05) is 47.7 Å².